The molecule has 0 radical (unpaired) electrons. The number of carbonyl (C=O) groups is 1. The van der Waals surface area contributed by atoms with Gasteiger partial charge in [0.1, 0.15) is 5.69 Å². The van der Waals surface area contributed by atoms with Gasteiger partial charge in [0.05, 0.1) is 0 Å². The number of hydrogen-bond acceptors (Lipinski definition) is 2. The minimum atomic E-state index is 0.0462. The standard InChI is InChI=1S/C13H21N3O/c1-10(8-14-2)9-15-13(17)12-4-3-7-16(12)11-5-6-11/h3-4,7,10-11,14H,5-6,8-9H2,1-2H3,(H,15,17). The van der Waals surface area contributed by atoms with E-state index < -0.39 is 0 Å². The molecule has 1 heterocycles. The minimum Gasteiger partial charge on any atom is -0.350 e. The summed E-state index contributed by atoms with van der Waals surface area (Å²) in [5.41, 5.74) is 0.796. The van der Waals surface area contributed by atoms with Crippen LogP contribution in [0.3, 0.4) is 0 Å². The molecule has 1 fully saturated rings. The zero-order valence-electron chi connectivity index (χ0n) is 10.6. The second-order valence-electron chi connectivity index (χ2n) is 4.90. The second kappa shape index (κ2) is 5.36. The Balaban J connectivity index is 1.88. The molecule has 2 rings (SSSR count). The first kappa shape index (κ1) is 12.2. The summed E-state index contributed by atoms with van der Waals surface area (Å²) in [7, 11) is 1.93. The molecule has 1 atom stereocenters. The zero-order chi connectivity index (χ0) is 12.3. The summed E-state index contributed by atoms with van der Waals surface area (Å²) < 4.78 is 2.10. The summed E-state index contributed by atoms with van der Waals surface area (Å²) in [6, 6.07) is 4.40. The quantitative estimate of drug-likeness (QED) is 0.783. The molecule has 1 aliphatic carbocycles. The van der Waals surface area contributed by atoms with Crippen LogP contribution < -0.4 is 10.6 Å². The predicted molar refractivity (Wildman–Crippen MR) is 68.1 cm³/mol. The molecule has 4 nitrogen and oxygen atoms in total. The summed E-state index contributed by atoms with van der Waals surface area (Å²) in [6.45, 7) is 3.76. The van der Waals surface area contributed by atoms with Crippen LogP contribution >= 0.6 is 0 Å². The van der Waals surface area contributed by atoms with Crippen LogP contribution in [0.5, 0.6) is 0 Å². The van der Waals surface area contributed by atoms with Gasteiger partial charge in [-0.15, -0.1) is 0 Å². The highest BCUT2D eigenvalue weighted by Crippen LogP contribution is 2.35. The molecule has 1 aromatic heterocycles. The predicted octanol–water partition coefficient (Wildman–Crippen LogP) is 1.41. The average molecular weight is 235 g/mol. The highest BCUT2D eigenvalue weighted by molar-refractivity contribution is 5.92. The maximum atomic E-state index is 12.0. The Morgan fingerprint density at radius 1 is 1.53 bits per heavy atom. The van der Waals surface area contributed by atoms with Crippen molar-refractivity contribution in [2.24, 2.45) is 5.92 Å². The van der Waals surface area contributed by atoms with Crippen LogP contribution in [0.15, 0.2) is 18.3 Å². The van der Waals surface area contributed by atoms with E-state index in [4.69, 9.17) is 0 Å². The van der Waals surface area contributed by atoms with Crippen molar-refractivity contribution in [1.29, 1.82) is 0 Å². The van der Waals surface area contributed by atoms with Gasteiger partial charge in [-0.25, -0.2) is 0 Å². The van der Waals surface area contributed by atoms with Crippen molar-refractivity contribution in [2.45, 2.75) is 25.8 Å². The lowest BCUT2D eigenvalue weighted by Crippen LogP contribution is -2.33. The van der Waals surface area contributed by atoms with Gasteiger partial charge in [-0.2, -0.15) is 0 Å². The van der Waals surface area contributed by atoms with Crippen LogP contribution in [0.1, 0.15) is 36.3 Å². The largest absolute Gasteiger partial charge is 0.350 e. The van der Waals surface area contributed by atoms with E-state index in [1.165, 1.54) is 12.8 Å². The molecule has 0 bridgehead atoms. The van der Waals surface area contributed by atoms with Gasteiger partial charge in [0, 0.05) is 18.8 Å². The number of nitrogens with zero attached hydrogens (tertiary/aromatic N) is 1. The zero-order valence-corrected chi connectivity index (χ0v) is 10.6. The Kier molecular flexibility index (Phi) is 3.84. The molecule has 0 aliphatic heterocycles. The monoisotopic (exact) mass is 235 g/mol. The Bertz CT molecular complexity index is 382. The SMILES string of the molecule is CNCC(C)CNC(=O)c1cccn1C1CC1. The van der Waals surface area contributed by atoms with Gasteiger partial charge in [-0.3, -0.25) is 4.79 Å². The first-order chi connectivity index (χ1) is 8.22. The first-order valence-corrected chi connectivity index (χ1v) is 6.32. The molecule has 1 saturated carbocycles. The highest BCUT2D eigenvalue weighted by Gasteiger charge is 2.26. The van der Waals surface area contributed by atoms with Crippen molar-refractivity contribution in [1.82, 2.24) is 15.2 Å². The molecule has 0 aromatic carbocycles. The van der Waals surface area contributed by atoms with Crippen LogP contribution in [-0.2, 0) is 0 Å². The summed E-state index contributed by atoms with van der Waals surface area (Å²) in [5.74, 6) is 0.498. The van der Waals surface area contributed by atoms with Gasteiger partial charge in [0.25, 0.3) is 5.91 Å². The van der Waals surface area contributed by atoms with E-state index in [0.717, 1.165) is 18.8 Å². The Hall–Kier alpha value is -1.29. The minimum absolute atomic E-state index is 0.0462. The van der Waals surface area contributed by atoms with Crippen molar-refractivity contribution in [3.63, 3.8) is 0 Å². The fraction of sp³-hybridized carbons (Fsp3) is 0.615. The van der Waals surface area contributed by atoms with Gasteiger partial charge in [-0.1, -0.05) is 6.92 Å². The third kappa shape index (κ3) is 3.09. The normalized spacial score (nSPS) is 16.8. The van der Waals surface area contributed by atoms with Gasteiger partial charge >= 0.3 is 0 Å². The van der Waals surface area contributed by atoms with Crippen LogP contribution in [0, 0.1) is 5.92 Å². The molecule has 0 spiro atoms. The number of rotatable bonds is 6. The Labute approximate surface area is 102 Å². The van der Waals surface area contributed by atoms with E-state index in [2.05, 4.69) is 22.1 Å². The van der Waals surface area contributed by atoms with Gasteiger partial charge in [0.2, 0.25) is 0 Å². The molecule has 0 saturated heterocycles. The second-order valence-corrected chi connectivity index (χ2v) is 4.90. The van der Waals surface area contributed by atoms with E-state index in [-0.39, 0.29) is 5.91 Å². The fourth-order valence-corrected chi connectivity index (χ4v) is 2.04. The van der Waals surface area contributed by atoms with Gasteiger partial charge in [-0.05, 0) is 44.5 Å². The average Bonchev–Trinajstić information content (AvgIpc) is 3.04. The van der Waals surface area contributed by atoms with E-state index in [1.807, 2.05) is 25.4 Å². The lowest BCUT2D eigenvalue weighted by molar-refractivity contribution is 0.0938. The van der Waals surface area contributed by atoms with Crippen molar-refractivity contribution >= 4 is 5.91 Å². The maximum absolute atomic E-state index is 12.0. The van der Waals surface area contributed by atoms with Crippen LogP contribution in [-0.4, -0.2) is 30.6 Å². The van der Waals surface area contributed by atoms with E-state index in [1.54, 1.807) is 0 Å². The molecule has 1 amide bonds. The maximum Gasteiger partial charge on any atom is 0.267 e. The summed E-state index contributed by atoms with van der Waals surface area (Å²) in [4.78, 5) is 12.0. The van der Waals surface area contributed by atoms with Crippen molar-refractivity contribution in [2.75, 3.05) is 20.1 Å². The molecule has 4 heteroatoms. The van der Waals surface area contributed by atoms with Crippen molar-refractivity contribution < 1.29 is 4.79 Å². The highest BCUT2D eigenvalue weighted by atomic mass is 16.1. The smallest absolute Gasteiger partial charge is 0.267 e. The summed E-state index contributed by atoms with van der Waals surface area (Å²) in [5, 5.41) is 6.10. The lowest BCUT2D eigenvalue weighted by atomic mass is 10.2. The first-order valence-electron chi connectivity index (χ1n) is 6.32. The van der Waals surface area contributed by atoms with Crippen molar-refractivity contribution in [3.05, 3.63) is 24.0 Å². The number of nitrogens with one attached hydrogen (secondary N) is 2. The van der Waals surface area contributed by atoms with E-state index in [9.17, 15) is 4.79 Å². The number of aromatic nitrogens is 1. The molecule has 1 aliphatic rings. The molecule has 17 heavy (non-hydrogen) atoms. The van der Waals surface area contributed by atoms with Crippen molar-refractivity contribution in [3.8, 4) is 0 Å². The topological polar surface area (TPSA) is 46.1 Å². The molecular formula is C13H21N3O. The van der Waals surface area contributed by atoms with Crippen LogP contribution in [0.4, 0.5) is 0 Å². The Morgan fingerprint density at radius 3 is 2.94 bits per heavy atom. The molecule has 94 valence electrons. The van der Waals surface area contributed by atoms with E-state index in [0.29, 0.717) is 12.0 Å². The van der Waals surface area contributed by atoms with Gasteiger partial charge in [0.15, 0.2) is 0 Å². The summed E-state index contributed by atoms with van der Waals surface area (Å²) >= 11 is 0. The third-order valence-corrected chi connectivity index (χ3v) is 3.12. The van der Waals surface area contributed by atoms with Gasteiger partial charge < -0.3 is 15.2 Å². The third-order valence-electron chi connectivity index (χ3n) is 3.12. The molecule has 1 unspecified atom stereocenters. The van der Waals surface area contributed by atoms with Crippen LogP contribution in [0.2, 0.25) is 0 Å². The molecule has 2 N–H and O–H groups in total. The molecule has 1 aromatic rings. The number of amides is 1. The number of carbonyl (C=O) groups excluding carboxylic acids is 1. The number of hydrogen-bond donors (Lipinski definition) is 2. The molecular weight excluding hydrogens is 214 g/mol. The summed E-state index contributed by atoms with van der Waals surface area (Å²) in [6.07, 6.45) is 4.40. The lowest BCUT2D eigenvalue weighted by Gasteiger charge is -2.13. The van der Waals surface area contributed by atoms with Crippen LogP contribution in [0.25, 0.3) is 0 Å². The van der Waals surface area contributed by atoms with E-state index >= 15 is 0 Å². The fourth-order valence-electron chi connectivity index (χ4n) is 2.04. The Morgan fingerprint density at radius 2 is 2.29 bits per heavy atom.